The Kier molecular flexibility index (Phi) is 7.08. The van der Waals surface area contributed by atoms with Crippen molar-refractivity contribution < 1.29 is 4.79 Å². The average Bonchev–Trinajstić information content (AvgIpc) is 2.59. The number of amides is 1. The third kappa shape index (κ3) is 7.85. The van der Waals surface area contributed by atoms with Crippen LogP contribution in [0.1, 0.15) is 46.2 Å². The molecule has 1 heterocycles. The van der Waals surface area contributed by atoms with Crippen molar-refractivity contribution in [3.05, 3.63) is 11.8 Å². The fourth-order valence-electron chi connectivity index (χ4n) is 1.65. The fraction of sp³-hybridized carbons (Fsp3) is 0.692. The molecule has 1 atom stereocenters. The van der Waals surface area contributed by atoms with Crippen molar-refractivity contribution in [2.45, 2.75) is 53.0 Å². The lowest BCUT2D eigenvalue weighted by Crippen LogP contribution is -2.19. The summed E-state index contributed by atoms with van der Waals surface area (Å²) in [7, 11) is 0. The van der Waals surface area contributed by atoms with E-state index in [1.54, 1.807) is 0 Å². The summed E-state index contributed by atoms with van der Waals surface area (Å²) in [6.45, 7) is 8.38. The van der Waals surface area contributed by atoms with E-state index < -0.39 is 0 Å². The number of rotatable bonds is 5. The van der Waals surface area contributed by atoms with Gasteiger partial charge in [-0.3, -0.25) is 9.89 Å². The summed E-state index contributed by atoms with van der Waals surface area (Å²) in [4.78, 5) is 11.6. The fourth-order valence-corrected chi connectivity index (χ4v) is 1.65. The minimum Gasteiger partial charge on any atom is -0.328 e. The lowest BCUT2D eigenvalue weighted by Gasteiger charge is -2.15. The molecule has 0 aliphatic carbocycles. The zero-order chi connectivity index (χ0) is 13.8. The minimum atomic E-state index is -0.0406. The van der Waals surface area contributed by atoms with Crippen LogP contribution in [-0.4, -0.2) is 22.1 Å². The Hall–Kier alpha value is -1.07. The van der Waals surface area contributed by atoms with E-state index in [-0.39, 0.29) is 29.8 Å². The highest BCUT2D eigenvalue weighted by Gasteiger charge is 2.14. The van der Waals surface area contributed by atoms with Crippen molar-refractivity contribution in [2.75, 3.05) is 5.32 Å². The molecule has 0 saturated heterocycles. The van der Waals surface area contributed by atoms with E-state index >= 15 is 0 Å². The lowest BCUT2D eigenvalue weighted by molar-refractivity contribution is -0.116. The first-order chi connectivity index (χ1) is 8.26. The zero-order valence-corrected chi connectivity index (χ0v) is 12.9. The molecule has 1 unspecified atom stereocenters. The van der Waals surface area contributed by atoms with Gasteiger partial charge in [0.2, 0.25) is 5.91 Å². The Morgan fingerprint density at radius 2 is 2.16 bits per heavy atom. The third-order valence-corrected chi connectivity index (χ3v) is 2.45. The molecule has 0 spiro atoms. The van der Waals surface area contributed by atoms with Gasteiger partial charge >= 0.3 is 0 Å². The third-order valence-electron chi connectivity index (χ3n) is 2.45. The van der Waals surface area contributed by atoms with E-state index in [2.05, 4.69) is 36.3 Å². The molecule has 110 valence electrons. The van der Waals surface area contributed by atoms with Gasteiger partial charge in [-0.25, -0.2) is 0 Å². The second kappa shape index (κ2) is 7.50. The summed E-state index contributed by atoms with van der Waals surface area (Å²) in [6, 6.07) is 1.93. The highest BCUT2D eigenvalue weighted by Crippen LogP contribution is 2.20. The van der Waals surface area contributed by atoms with Crippen molar-refractivity contribution in [3.8, 4) is 0 Å². The topological polar surface area (TPSA) is 83.8 Å². The van der Waals surface area contributed by atoms with E-state index in [0.717, 1.165) is 12.1 Å². The maximum atomic E-state index is 11.6. The smallest absolute Gasteiger partial charge is 0.225 e. The predicted molar refractivity (Wildman–Crippen MR) is 80.5 cm³/mol. The summed E-state index contributed by atoms with van der Waals surface area (Å²) in [5.41, 5.74) is 6.84. The van der Waals surface area contributed by atoms with Gasteiger partial charge in [-0.1, -0.05) is 20.8 Å². The maximum absolute atomic E-state index is 11.6. The van der Waals surface area contributed by atoms with Crippen LogP contribution in [0.5, 0.6) is 0 Å². The van der Waals surface area contributed by atoms with Crippen LogP contribution in [0, 0.1) is 5.41 Å². The molecule has 0 aromatic carbocycles. The number of anilines is 1. The van der Waals surface area contributed by atoms with Crippen LogP contribution in [0.2, 0.25) is 0 Å². The molecule has 1 aromatic rings. The van der Waals surface area contributed by atoms with Crippen molar-refractivity contribution in [2.24, 2.45) is 11.1 Å². The van der Waals surface area contributed by atoms with Crippen LogP contribution in [0.15, 0.2) is 6.07 Å². The standard InChI is InChI=1S/C13H24N4O.ClH/c1-9(14)5-6-12(18)15-11-7-10(16-17-11)8-13(2,3)4;/h7,9H,5-6,8,14H2,1-4H3,(H2,15,16,17,18);1H. The Morgan fingerprint density at radius 1 is 1.53 bits per heavy atom. The molecule has 0 aliphatic rings. The molecule has 1 aromatic heterocycles. The van der Waals surface area contributed by atoms with Gasteiger partial charge in [0.05, 0.1) is 0 Å². The number of carbonyl (C=O) groups is 1. The Balaban J connectivity index is 0.00000324. The van der Waals surface area contributed by atoms with Gasteiger partial charge in [0.1, 0.15) is 0 Å². The van der Waals surface area contributed by atoms with Crippen LogP contribution >= 0.6 is 12.4 Å². The van der Waals surface area contributed by atoms with Crippen molar-refractivity contribution in [1.82, 2.24) is 10.2 Å². The number of H-pyrrole nitrogens is 1. The average molecular weight is 289 g/mol. The van der Waals surface area contributed by atoms with Gasteiger partial charge in [-0.15, -0.1) is 12.4 Å². The number of nitrogens with zero attached hydrogens (tertiary/aromatic N) is 1. The lowest BCUT2D eigenvalue weighted by atomic mass is 9.91. The van der Waals surface area contributed by atoms with Gasteiger partial charge < -0.3 is 11.1 Å². The highest BCUT2D eigenvalue weighted by molar-refractivity contribution is 5.89. The molecule has 5 nitrogen and oxygen atoms in total. The highest BCUT2D eigenvalue weighted by atomic mass is 35.5. The summed E-state index contributed by atoms with van der Waals surface area (Å²) in [5.74, 6) is 0.546. The number of nitrogens with one attached hydrogen (secondary N) is 2. The zero-order valence-electron chi connectivity index (χ0n) is 12.1. The van der Waals surface area contributed by atoms with E-state index in [4.69, 9.17) is 5.73 Å². The van der Waals surface area contributed by atoms with E-state index in [0.29, 0.717) is 18.7 Å². The Bertz CT molecular complexity index is 396. The number of hydrogen-bond donors (Lipinski definition) is 3. The first kappa shape index (κ1) is 17.9. The molecule has 19 heavy (non-hydrogen) atoms. The summed E-state index contributed by atoms with van der Waals surface area (Å²) in [6.07, 6.45) is 2.01. The molecule has 6 heteroatoms. The largest absolute Gasteiger partial charge is 0.328 e. The van der Waals surface area contributed by atoms with Gasteiger partial charge in [0.15, 0.2) is 5.82 Å². The monoisotopic (exact) mass is 288 g/mol. The van der Waals surface area contributed by atoms with Crippen LogP contribution < -0.4 is 11.1 Å². The normalized spacial score (nSPS) is 12.7. The molecule has 1 amide bonds. The van der Waals surface area contributed by atoms with E-state index in [9.17, 15) is 4.79 Å². The first-order valence-electron chi connectivity index (χ1n) is 6.36. The van der Waals surface area contributed by atoms with Crippen LogP contribution in [-0.2, 0) is 11.2 Å². The van der Waals surface area contributed by atoms with Gasteiger partial charge in [-0.05, 0) is 25.2 Å². The molecule has 0 radical (unpaired) electrons. The first-order valence-corrected chi connectivity index (χ1v) is 6.36. The molecular weight excluding hydrogens is 264 g/mol. The van der Waals surface area contributed by atoms with Crippen LogP contribution in [0.4, 0.5) is 5.82 Å². The number of halogens is 1. The number of carbonyl (C=O) groups excluding carboxylic acids is 1. The minimum absolute atomic E-state index is 0. The SMILES string of the molecule is CC(N)CCC(=O)Nc1cc(CC(C)(C)C)[nH]n1.Cl. The predicted octanol–water partition coefficient (Wildman–Crippen LogP) is 2.49. The van der Waals surface area contributed by atoms with E-state index in [1.165, 1.54) is 0 Å². The number of hydrogen-bond acceptors (Lipinski definition) is 3. The Labute approximate surface area is 121 Å². The second-order valence-corrected chi connectivity index (χ2v) is 6.08. The molecular formula is C13H25ClN4O. The molecule has 0 bridgehead atoms. The van der Waals surface area contributed by atoms with Gasteiger partial charge in [-0.2, -0.15) is 5.10 Å². The maximum Gasteiger partial charge on any atom is 0.225 e. The van der Waals surface area contributed by atoms with Crippen molar-refractivity contribution >= 4 is 24.1 Å². The molecule has 1 rings (SSSR count). The summed E-state index contributed by atoms with van der Waals surface area (Å²) < 4.78 is 0. The molecule has 0 aliphatic heterocycles. The summed E-state index contributed by atoms with van der Waals surface area (Å²) in [5, 5.41) is 9.79. The molecule has 0 fully saturated rings. The number of aromatic nitrogens is 2. The van der Waals surface area contributed by atoms with Crippen molar-refractivity contribution in [1.29, 1.82) is 0 Å². The number of aromatic amines is 1. The van der Waals surface area contributed by atoms with Gasteiger partial charge in [0.25, 0.3) is 0 Å². The van der Waals surface area contributed by atoms with Crippen LogP contribution in [0.25, 0.3) is 0 Å². The quantitative estimate of drug-likeness (QED) is 0.778. The van der Waals surface area contributed by atoms with E-state index in [1.807, 2.05) is 13.0 Å². The van der Waals surface area contributed by atoms with Crippen LogP contribution in [0.3, 0.4) is 0 Å². The Morgan fingerprint density at radius 3 is 2.68 bits per heavy atom. The summed E-state index contributed by atoms with van der Waals surface area (Å²) >= 11 is 0. The second-order valence-electron chi connectivity index (χ2n) is 6.08. The molecule has 0 saturated carbocycles. The number of nitrogens with two attached hydrogens (primary N) is 1. The van der Waals surface area contributed by atoms with Gasteiger partial charge in [0, 0.05) is 24.2 Å². The molecule has 4 N–H and O–H groups in total. The van der Waals surface area contributed by atoms with Crippen molar-refractivity contribution in [3.63, 3.8) is 0 Å².